The van der Waals surface area contributed by atoms with Gasteiger partial charge in [0, 0.05) is 24.3 Å². The number of ether oxygens (including phenoxy) is 1. The molecule has 1 aliphatic rings. The van der Waals surface area contributed by atoms with Crippen LogP contribution in [-0.4, -0.2) is 18.5 Å². The van der Waals surface area contributed by atoms with Crippen LogP contribution in [-0.2, 0) is 4.74 Å². The summed E-state index contributed by atoms with van der Waals surface area (Å²) in [6.45, 7) is 0.791. The van der Waals surface area contributed by atoms with Crippen LogP contribution < -0.4 is 5.73 Å². The van der Waals surface area contributed by atoms with Crippen LogP contribution in [0.2, 0.25) is 0 Å². The van der Waals surface area contributed by atoms with E-state index in [1.807, 2.05) is 0 Å². The number of Topliss-reactive ketones (excluding diaryl/α,β-unsaturated/α-hetero) is 1. The third kappa shape index (κ3) is 2.57. The van der Waals surface area contributed by atoms with Crippen molar-refractivity contribution in [3.63, 3.8) is 0 Å². The highest BCUT2D eigenvalue weighted by molar-refractivity contribution is 5.96. The smallest absolute Gasteiger partial charge is 0.165 e. The standard InChI is InChI=1S/C12H15NO2/c13-10-5-3-9(4-6-10)12(14)8-11-2-1-7-15-11/h3-6,11H,1-2,7-8,13H2. The second kappa shape index (κ2) is 4.45. The fraction of sp³-hybridized carbons (Fsp3) is 0.417. The molecule has 1 atom stereocenters. The molecular formula is C12H15NO2. The molecule has 0 radical (unpaired) electrons. The van der Waals surface area contributed by atoms with Crippen LogP contribution in [0.5, 0.6) is 0 Å². The van der Waals surface area contributed by atoms with Gasteiger partial charge in [0.2, 0.25) is 0 Å². The van der Waals surface area contributed by atoms with Crippen LogP contribution >= 0.6 is 0 Å². The Bertz CT molecular complexity index is 339. The molecule has 15 heavy (non-hydrogen) atoms. The molecule has 3 heteroatoms. The highest BCUT2D eigenvalue weighted by Crippen LogP contribution is 2.18. The molecule has 0 spiro atoms. The topological polar surface area (TPSA) is 52.3 Å². The molecule has 0 saturated carbocycles. The minimum Gasteiger partial charge on any atom is -0.399 e. The minimum absolute atomic E-state index is 0.120. The Morgan fingerprint density at radius 1 is 1.40 bits per heavy atom. The van der Waals surface area contributed by atoms with Gasteiger partial charge in [-0.25, -0.2) is 0 Å². The number of anilines is 1. The molecule has 1 saturated heterocycles. The third-order valence-electron chi connectivity index (χ3n) is 2.67. The molecule has 1 aliphatic heterocycles. The van der Waals surface area contributed by atoms with Gasteiger partial charge in [0.05, 0.1) is 6.10 Å². The Balaban J connectivity index is 1.98. The molecule has 1 aromatic carbocycles. The summed E-state index contributed by atoms with van der Waals surface area (Å²) in [6, 6.07) is 7.05. The van der Waals surface area contributed by atoms with Crippen molar-refractivity contribution >= 4 is 11.5 Å². The Morgan fingerprint density at radius 2 is 2.13 bits per heavy atom. The molecule has 3 nitrogen and oxygen atoms in total. The number of carbonyl (C=O) groups is 1. The van der Waals surface area contributed by atoms with E-state index >= 15 is 0 Å². The molecule has 1 fully saturated rings. The number of nitrogen functional groups attached to an aromatic ring is 1. The molecule has 0 aromatic heterocycles. The van der Waals surface area contributed by atoms with Crippen LogP contribution in [0, 0.1) is 0 Å². The first-order chi connectivity index (χ1) is 7.25. The van der Waals surface area contributed by atoms with Gasteiger partial charge in [-0.2, -0.15) is 0 Å². The van der Waals surface area contributed by atoms with Crippen LogP contribution in [0.4, 0.5) is 5.69 Å². The normalized spacial score (nSPS) is 20.4. The fourth-order valence-electron chi connectivity index (χ4n) is 1.80. The first-order valence-electron chi connectivity index (χ1n) is 5.26. The zero-order valence-electron chi connectivity index (χ0n) is 8.61. The molecule has 2 N–H and O–H groups in total. The third-order valence-corrected chi connectivity index (χ3v) is 2.67. The van der Waals surface area contributed by atoms with Crippen molar-refractivity contribution < 1.29 is 9.53 Å². The zero-order valence-corrected chi connectivity index (χ0v) is 8.61. The monoisotopic (exact) mass is 205 g/mol. The number of nitrogens with two attached hydrogens (primary N) is 1. The van der Waals surface area contributed by atoms with Crippen LogP contribution in [0.15, 0.2) is 24.3 Å². The van der Waals surface area contributed by atoms with Gasteiger partial charge in [0.25, 0.3) is 0 Å². The summed E-state index contributed by atoms with van der Waals surface area (Å²) in [6.07, 6.45) is 2.68. The number of rotatable bonds is 3. The van der Waals surface area contributed by atoms with Gasteiger partial charge in [-0.3, -0.25) is 4.79 Å². The average Bonchev–Trinajstić information content (AvgIpc) is 2.71. The predicted molar refractivity (Wildman–Crippen MR) is 58.8 cm³/mol. The maximum atomic E-state index is 11.8. The summed E-state index contributed by atoms with van der Waals surface area (Å²) in [5.41, 5.74) is 6.96. The van der Waals surface area contributed by atoms with Crippen LogP contribution in [0.25, 0.3) is 0 Å². The maximum absolute atomic E-state index is 11.8. The lowest BCUT2D eigenvalue weighted by Gasteiger charge is -2.07. The average molecular weight is 205 g/mol. The van der Waals surface area contributed by atoms with Crippen LogP contribution in [0.3, 0.4) is 0 Å². The largest absolute Gasteiger partial charge is 0.399 e. The lowest BCUT2D eigenvalue weighted by Crippen LogP contribution is -2.12. The Kier molecular flexibility index (Phi) is 3.02. The van der Waals surface area contributed by atoms with Gasteiger partial charge in [-0.1, -0.05) is 0 Å². The summed E-state index contributed by atoms with van der Waals surface area (Å²) in [4.78, 5) is 11.8. The second-order valence-electron chi connectivity index (χ2n) is 3.88. The lowest BCUT2D eigenvalue weighted by molar-refractivity contribution is 0.0775. The predicted octanol–water partition coefficient (Wildman–Crippen LogP) is 2.02. The van der Waals surface area contributed by atoms with Crippen molar-refractivity contribution in [2.45, 2.75) is 25.4 Å². The number of carbonyl (C=O) groups excluding carboxylic acids is 1. The van der Waals surface area contributed by atoms with E-state index in [-0.39, 0.29) is 11.9 Å². The lowest BCUT2D eigenvalue weighted by atomic mass is 10.0. The summed E-state index contributed by atoms with van der Waals surface area (Å²) in [5.74, 6) is 0.141. The summed E-state index contributed by atoms with van der Waals surface area (Å²) >= 11 is 0. The van der Waals surface area contributed by atoms with Gasteiger partial charge in [0.1, 0.15) is 0 Å². The Morgan fingerprint density at radius 3 is 2.73 bits per heavy atom. The summed E-state index contributed by atoms with van der Waals surface area (Å²) in [5, 5.41) is 0. The van der Waals surface area contributed by atoms with E-state index in [1.54, 1.807) is 24.3 Å². The van der Waals surface area contributed by atoms with Gasteiger partial charge < -0.3 is 10.5 Å². The molecule has 0 aliphatic carbocycles. The quantitative estimate of drug-likeness (QED) is 0.606. The van der Waals surface area contributed by atoms with E-state index < -0.39 is 0 Å². The van der Waals surface area contributed by atoms with E-state index in [4.69, 9.17) is 10.5 Å². The van der Waals surface area contributed by atoms with Gasteiger partial charge in [-0.05, 0) is 37.1 Å². The minimum atomic E-state index is 0.120. The molecule has 0 amide bonds. The highest BCUT2D eigenvalue weighted by Gasteiger charge is 2.19. The fourth-order valence-corrected chi connectivity index (χ4v) is 1.80. The molecule has 80 valence electrons. The SMILES string of the molecule is Nc1ccc(C(=O)CC2CCCO2)cc1. The van der Waals surface area contributed by atoms with E-state index in [1.165, 1.54) is 0 Å². The molecule has 1 heterocycles. The van der Waals surface area contributed by atoms with Crippen molar-refractivity contribution in [3.8, 4) is 0 Å². The van der Waals surface area contributed by atoms with Crippen molar-refractivity contribution in [1.29, 1.82) is 0 Å². The molecule has 0 bridgehead atoms. The van der Waals surface area contributed by atoms with E-state index in [9.17, 15) is 4.79 Å². The zero-order chi connectivity index (χ0) is 10.7. The molecule has 1 aromatic rings. The van der Waals surface area contributed by atoms with Gasteiger partial charge >= 0.3 is 0 Å². The van der Waals surface area contributed by atoms with Crippen LogP contribution in [0.1, 0.15) is 29.6 Å². The first kappa shape index (κ1) is 10.2. The van der Waals surface area contributed by atoms with E-state index in [2.05, 4.69) is 0 Å². The maximum Gasteiger partial charge on any atom is 0.165 e. The molecular weight excluding hydrogens is 190 g/mol. The number of hydrogen-bond acceptors (Lipinski definition) is 3. The number of benzene rings is 1. The highest BCUT2D eigenvalue weighted by atomic mass is 16.5. The van der Waals surface area contributed by atoms with E-state index in [0.29, 0.717) is 12.1 Å². The Hall–Kier alpha value is -1.35. The first-order valence-corrected chi connectivity index (χ1v) is 5.26. The summed E-state index contributed by atoms with van der Waals surface area (Å²) in [7, 11) is 0. The van der Waals surface area contributed by atoms with Crippen molar-refractivity contribution in [2.24, 2.45) is 0 Å². The summed E-state index contributed by atoms with van der Waals surface area (Å²) < 4.78 is 5.42. The van der Waals surface area contributed by atoms with Crippen molar-refractivity contribution in [2.75, 3.05) is 12.3 Å². The van der Waals surface area contributed by atoms with Crippen molar-refractivity contribution in [1.82, 2.24) is 0 Å². The second-order valence-corrected chi connectivity index (χ2v) is 3.88. The van der Waals surface area contributed by atoms with Gasteiger partial charge in [-0.15, -0.1) is 0 Å². The number of ketones is 1. The Labute approximate surface area is 89.2 Å². The molecule has 2 rings (SSSR count). The number of hydrogen-bond donors (Lipinski definition) is 1. The van der Waals surface area contributed by atoms with Gasteiger partial charge in [0.15, 0.2) is 5.78 Å². The molecule has 1 unspecified atom stereocenters. The van der Waals surface area contributed by atoms with E-state index in [0.717, 1.165) is 25.0 Å². The van der Waals surface area contributed by atoms with Crippen molar-refractivity contribution in [3.05, 3.63) is 29.8 Å².